The fraction of sp³-hybridized carbons (Fsp3) is 0.500. The van der Waals surface area contributed by atoms with Gasteiger partial charge in [-0.05, 0) is 55.0 Å². The molecule has 4 atom stereocenters. The molecule has 0 aliphatic heterocycles. The molecule has 2 aromatic rings. The van der Waals surface area contributed by atoms with E-state index in [0.717, 1.165) is 41.3 Å². The van der Waals surface area contributed by atoms with Gasteiger partial charge in [0.1, 0.15) is 5.75 Å². The highest BCUT2D eigenvalue weighted by molar-refractivity contribution is 8.13. The summed E-state index contributed by atoms with van der Waals surface area (Å²) in [6, 6.07) is 17.9. The van der Waals surface area contributed by atoms with Gasteiger partial charge in [0.25, 0.3) is 0 Å². The van der Waals surface area contributed by atoms with Crippen molar-refractivity contribution in [2.24, 2.45) is 11.8 Å². The summed E-state index contributed by atoms with van der Waals surface area (Å²) in [5.74, 6) is 2.11. The minimum Gasteiger partial charge on any atom is -0.497 e. The van der Waals surface area contributed by atoms with E-state index in [0.29, 0.717) is 6.42 Å². The zero-order valence-electron chi connectivity index (χ0n) is 21.1. The summed E-state index contributed by atoms with van der Waals surface area (Å²) in [7, 11) is 1.65. The normalized spacial score (nSPS) is 14.6. The fourth-order valence-electron chi connectivity index (χ4n) is 3.89. The lowest BCUT2D eigenvalue weighted by molar-refractivity contribution is -0.114. The molecule has 2 aromatic carbocycles. The molecule has 0 aliphatic rings. The lowest BCUT2D eigenvalue weighted by atomic mass is 9.80. The van der Waals surface area contributed by atoms with Crippen LogP contribution in [0, 0.1) is 11.8 Å². The Balaban J connectivity index is 2.34. The van der Waals surface area contributed by atoms with E-state index in [1.807, 2.05) is 56.3 Å². The molecule has 0 spiro atoms. The summed E-state index contributed by atoms with van der Waals surface area (Å²) in [6.07, 6.45) is 2.63. The van der Waals surface area contributed by atoms with Gasteiger partial charge in [-0.1, -0.05) is 81.6 Å². The predicted octanol–water partition coefficient (Wildman–Crippen LogP) is 7.26. The Morgan fingerprint density at radius 1 is 0.853 bits per heavy atom. The number of carbonyl (C=O) groups excluding carboxylic acids is 2. The van der Waals surface area contributed by atoms with E-state index in [1.165, 1.54) is 23.5 Å². The van der Waals surface area contributed by atoms with Crippen LogP contribution in [0.25, 0.3) is 0 Å². The molecule has 4 nitrogen and oxygen atoms in total. The van der Waals surface area contributed by atoms with E-state index in [4.69, 9.17) is 4.74 Å². The number of rotatable bonds is 14. The number of ether oxygens (including phenoxy) is 1. The Hall–Kier alpha value is -1.92. The Labute approximate surface area is 214 Å². The number of thioether (sulfide) groups is 2. The first-order chi connectivity index (χ1) is 16.4. The monoisotopic (exact) mass is 501 g/mol. The molecule has 0 fully saturated rings. The van der Waals surface area contributed by atoms with Gasteiger partial charge < -0.3 is 10.1 Å². The highest BCUT2D eigenvalue weighted by Gasteiger charge is 2.32. The molecule has 6 heteroatoms. The standard InChI is InChI=1S/C28H39NO3S2/c1-6-17-33-27(30)20(3)25(22-11-9-8-10-12-22)19-26(21(4)28(31)34-18-7-2)29-23-13-15-24(32-5)16-14-23/h8-16,20-21,25-26,29H,6-7,17-19H2,1-5H3. The largest absolute Gasteiger partial charge is 0.497 e. The molecule has 0 bridgehead atoms. The Kier molecular flexibility index (Phi) is 12.6. The summed E-state index contributed by atoms with van der Waals surface area (Å²) in [5, 5.41) is 4.03. The number of benzene rings is 2. The number of hydrogen-bond donors (Lipinski definition) is 1. The highest BCUT2D eigenvalue weighted by atomic mass is 32.2. The SMILES string of the molecule is CCCSC(=O)C(C)C(CC(c1ccccc1)C(C)C(=O)SCCC)Nc1ccc(OC)cc1. The molecule has 4 unspecified atom stereocenters. The highest BCUT2D eigenvalue weighted by Crippen LogP contribution is 2.36. The molecular formula is C28H39NO3S2. The molecule has 0 amide bonds. The molecule has 0 saturated carbocycles. The molecule has 186 valence electrons. The Bertz CT molecular complexity index is 873. The van der Waals surface area contributed by atoms with Crippen LogP contribution in [0.5, 0.6) is 5.75 Å². The number of nitrogens with one attached hydrogen (secondary N) is 1. The smallest absolute Gasteiger partial charge is 0.193 e. The van der Waals surface area contributed by atoms with E-state index >= 15 is 0 Å². The first-order valence-corrected chi connectivity index (χ1v) is 14.2. The fourth-order valence-corrected chi connectivity index (χ4v) is 5.55. The van der Waals surface area contributed by atoms with E-state index in [-0.39, 0.29) is 34.0 Å². The Morgan fingerprint density at radius 2 is 1.41 bits per heavy atom. The average Bonchev–Trinajstić information content (AvgIpc) is 2.88. The average molecular weight is 502 g/mol. The molecule has 0 saturated heterocycles. The van der Waals surface area contributed by atoms with Gasteiger partial charge in [-0.3, -0.25) is 9.59 Å². The van der Waals surface area contributed by atoms with Crippen LogP contribution in [0.4, 0.5) is 5.69 Å². The number of anilines is 1. The van der Waals surface area contributed by atoms with Crippen LogP contribution in [0.1, 0.15) is 58.4 Å². The second kappa shape index (κ2) is 15.2. The predicted molar refractivity (Wildman–Crippen MR) is 148 cm³/mol. The topological polar surface area (TPSA) is 55.4 Å². The van der Waals surface area contributed by atoms with Crippen LogP contribution in [0.15, 0.2) is 54.6 Å². The van der Waals surface area contributed by atoms with Crippen molar-refractivity contribution in [1.82, 2.24) is 0 Å². The van der Waals surface area contributed by atoms with Crippen LogP contribution in [0.3, 0.4) is 0 Å². The number of methoxy groups -OCH3 is 1. The van der Waals surface area contributed by atoms with E-state index in [2.05, 4.69) is 31.3 Å². The van der Waals surface area contributed by atoms with E-state index < -0.39 is 0 Å². The third-order valence-corrected chi connectivity index (χ3v) is 8.56. The van der Waals surface area contributed by atoms with Crippen LogP contribution >= 0.6 is 23.5 Å². The van der Waals surface area contributed by atoms with Crippen molar-refractivity contribution in [3.63, 3.8) is 0 Å². The van der Waals surface area contributed by atoms with Crippen molar-refractivity contribution in [2.75, 3.05) is 23.9 Å². The summed E-state index contributed by atoms with van der Waals surface area (Å²) in [6.45, 7) is 8.22. The molecule has 0 aliphatic carbocycles. The molecule has 2 rings (SSSR count). The summed E-state index contributed by atoms with van der Waals surface area (Å²) in [4.78, 5) is 26.1. The Morgan fingerprint density at radius 3 is 1.94 bits per heavy atom. The van der Waals surface area contributed by atoms with E-state index in [1.54, 1.807) is 7.11 Å². The second-order valence-electron chi connectivity index (χ2n) is 8.64. The maximum atomic E-state index is 13.0. The van der Waals surface area contributed by atoms with Crippen molar-refractivity contribution in [3.05, 3.63) is 60.2 Å². The van der Waals surface area contributed by atoms with Gasteiger partial charge in [-0.2, -0.15) is 0 Å². The third kappa shape index (κ3) is 8.70. The lowest BCUT2D eigenvalue weighted by Gasteiger charge is -2.32. The van der Waals surface area contributed by atoms with Crippen LogP contribution in [-0.2, 0) is 9.59 Å². The molecule has 0 radical (unpaired) electrons. The van der Waals surface area contributed by atoms with Gasteiger partial charge in [0, 0.05) is 35.1 Å². The van der Waals surface area contributed by atoms with Crippen LogP contribution in [-0.4, -0.2) is 34.9 Å². The van der Waals surface area contributed by atoms with Gasteiger partial charge >= 0.3 is 0 Å². The lowest BCUT2D eigenvalue weighted by Crippen LogP contribution is -2.35. The maximum Gasteiger partial charge on any atom is 0.193 e. The summed E-state index contributed by atoms with van der Waals surface area (Å²) >= 11 is 2.83. The summed E-state index contributed by atoms with van der Waals surface area (Å²) < 4.78 is 5.29. The van der Waals surface area contributed by atoms with Crippen molar-refractivity contribution in [1.29, 1.82) is 0 Å². The zero-order valence-corrected chi connectivity index (χ0v) is 22.7. The number of hydrogen-bond acceptors (Lipinski definition) is 6. The first-order valence-electron chi connectivity index (χ1n) is 12.2. The zero-order chi connectivity index (χ0) is 24.9. The van der Waals surface area contributed by atoms with Crippen molar-refractivity contribution >= 4 is 39.4 Å². The van der Waals surface area contributed by atoms with Gasteiger partial charge in [0.05, 0.1) is 7.11 Å². The quantitative estimate of drug-likeness (QED) is 0.294. The van der Waals surface area contributed by atoms with Crippen LogP contribution in [0.2, 0.25) is 0 Å². The minimum atomic E-state index is -0.199. The molecule has 0 heterocycles. The van der Waals surface area contributed by atoms with Gasteiger partial charge in [0.15, 0.2) is 10.2 Å². The van der Waals surface area contributed by atoms with Crippen molar-refractivity contribution in [2.45, 2.75) is 58.9 Å². The van der Waals surface area contributed by atoms with Gasteiger partial charge in [-0.15, -0.1) is 0 Å². The molecule has 0 aromatic heterocycles. The number of carbonyl (C=O) groups is 2. The second-order valence-corrected chi connectivity index (χ2v) is 10.8. The van der Waals surface area contributed by atoms with E-state index in [9.17, 15) is 9.59 Å². The summed E-state index contributed by atoms with van der Waals surface area (Å²) in [5.41, 5.74) is 2.08. The third-order valence-electron chi connectivity index (χ3n) is 6.03. The van der Waals surface area contributed by atoms with Gasteiger partial charge in [0.2, 0.25) is 0 Å². The molecule has 1 N–H and O–H groups in total. The first kappa shape index (κ1) is 28.3. The van der Waals surface area contributed by atoms with Crippen molar-refractivity contribution < 1.29 is 14.3 Å². The van der Waals surface area contributed by atoms with Gasteiger partial charge in [-0.25, -0.2) is 0 Å². The molecule has 34 heavy (non-hydrogen) atoms. The minimum absolute atomic E-state index is 0.0141. The molecular weight excluding hydrogens is 462 g/mol. The van der Waals surface area contributed by atoms with Crippen LogP contribution < -0.4 is 10.1 Å². The maximum absolute atomic E-state index is 13.0. The van der Waals surface area contributed by atoms with Crippen molar-refractivity contribution in [3.8, 4) is 5.75 Å².